The first-order valence-electron chi connectivity index (χ1n) is 11.6. The lowest BCUT2D eigenvalue weighted by Gasteiger charge is -2.23. The van der Waals surface area contributed by atoms with Gasteiger partial charge in [-0.05, 0) is 72.0 Å². The first-order chi connectivity index (χ1) is 16.5. The third-order valence-corrected chi connectivity index (χ3v) is 6.76. The minimum absolute atomic E-state index is 0.138. The van der Waals surface area contributed by atoms with Crippen LogP contribution in [0.1, 0.15) is 57.5 Å². The highest BCUT2D eigenvalue weighted by atomic mass is 16.5. The number of ether oxygens (including phenoxy) is 2. The summed E-state index contributed by atoms with van der Waals surface area (Å²) in [6.45, 7) is 1.01. The summed E-state index contributed by atoms with van der Waals surface area (Å²) in [7, 11) is 1.57. The molecule has 3 aromatic rings. The summed E-state index contributed by atoms with van der Waals surface area (Å²) in [6.07, 6.45) is 4.59. The van der Waals surface area contributed by atoms with E-state index in [1.807, 2.05) is 47.4 Å². The second-order valence-corrected chi connectivity index (χ2v) is 8.90. The molecule has 1 aliphatic carbocycles. The fourth-order valence-electron chi connectivity index (χ4n) is 4.98. The number of fused-ring (bicyclic) bond motifs is 1. The van der Waals surface area contributed by atoms with E-state index in [0.29, 0.717) is 30.5 Å². The molecule has 0 saturated heterocycles. The van der Waals surface area contributed by atoms with E-state index in [-0.39, 0.29) is 11.5 Å². The molecule has 1 fully saturated rings. The van der Waals surface area contributed by atoms with Gasteiger partial charge >= 0.3 is 5.97 Å². The average Bonchev–Trinajstić information content (AvgIpc) is 3.50. The lowest BCUT2D eigenvalue weighted by molar-refractivity contribution is 0.0691. The standard InChI is InChI=1S/C28H27NO5/c1-33-26-12-9-20(28(31)32)15-25(26)19-6-4-5-18(13-19)17-34-23-10-11-24-21(14-23)16-29(27(24)30)22-7-2-3-8-22/h4-6,9-15,22H,2-3,7-8,16-17H2,1H3,(H,31,32). The van der Waals surface area contributed by atoms with Gasteiger partial charge in [0.05, 0.1) is 12.7 Å². The lowest BCUT2D eigenvalue weighted by atomic mass is 10.00. The molecule has 0 spiro atoms. The molecule has 1 aliphatic heterocycles. The fraction of sp³-hybridized carbons (Fsp3) is 0.286. The first kappa shape index (κ1) is 22.0. The molecule has 5 rings (SSSR count). The number of aromatic carboxylic acids is 1. The zero-order valence-corrected chi connectivity index (χ0v) is 19.1. The molecular weight excluding hydrogens is 430 g/mol. The van der Waals surface area contributed by atoms with Gasteiger partial charge in [-0.3, -0.25) is 4.79 Å². The van der Waals surface area contributed by atoms with Crippen LogP contribution in [0.25, 0.3) is 11.1 Å². The van der Waals surface area contributed by atoms with Crippen molar-refractivity contribution in [3.63, 3.8) is 0 Å². The van der Waals surface area contributed by atoms with Gasteiger partial charge in [0.1, 0.15) is 18.1 Å². The van der Waals surface area contributed by atoms with Gasteiger partial charge in [-0.15, -0.1) is 0 Å². The van der Waals surface area contributed by atoms with E-state index >= 15 is 0 Å². The van der Waals surface area contributed by atoms with Crippen LogP contribution < -0.4 is 9.47 Å². The van der Waals surface area contributed by atoms with Crippen LogP contribution in [0.4, 0.5) is 0 Å². The number of carboxylic acids is 1. The summed E-state index contributed by atoms with van der Waals surface area (Å²) >= 11 is 0. The van der Waals surface area contributed by atoms with Crippen LogP contribution in [0.5, 0.6) is 11.5 Å². The highest BCUT2D eigenvalue weighted by Gasteiger charge is 2.34. The summed E-state index contributed by atoms with van der Waals surface area (Å²) in [5.41, 5.74) is 4.53. The van der Waals surface area contributed by atoms with Crippen molar-refractivity contribution in [1.82, 2.24) is 4.90 Å². The zero-order valence-electron chi connectivity index (χ0n) is 19.1. The van der Waals surface area contributed by atoms with Crippen molar-refractivity contribution in [3.8, 4) is 22.6 Å². The molecule has 1 amide bonds. The number of hydrogen-bond acceptors (Lipinski definition) is 4. The Morgan fingerprint density at radius 3 is 2.62 bits per heavy atom. The molecule has 3 aromatic carbocycles. The number of carbonyl (C=O) groups is 2. The maximum atomic E-state index is 12.8. The van der Waals surface area contributed by atoms with Crippen LogP contribution in [0.2, 0.25) is 0 Å². The zero-order chi connectivity index (χ0) is 23.7. The second kappa shape index (κ2) is 9.21. The van der Waals surface area contributed by atoms with Crippen molar-refractivity contribution in [2.75, 3.05) is 7.11 Å². The van der Waals surface area contributed by atoms with E-state index in [4.69, 9.17) is 9.47 Å². The van der Waals surface area contributed by atoms with Crippen LogP contribution in [-0.4, -0.2) is 35.0 Å². The van der Waals surface area contributed by atoms with Crippen molar-refractivity contribution in [3.05, 3.63) is 82.9 Å². The third kappa shape index (κ3) is 4.23. The molecule has 6 nitrogen and oxygen atoms in total. The minimum atomic E-state index is -0.982. The number of nitrogens with zero attached hydrogens (tertiary/aromatic N) is 1. The largest absolute Gasteiger partial charge is 0.496 e. The maximum absolute atomic E-state index is 12.8. The van der Waals surface area contributed by atoms with Gasteiger partial charge < -0.3 is 19.5 Å². The van der Waals surface area contributed by atoms with Crippen LogP contribution in [0.3, 0.4) is 0 Å². The van der Waals surface area contributed by atoms with Gasteiger partial charge in [-0.1, -0.05) is 31.0 Å². The van der Waals surface area contributed by atoms with Crippen molar-refractivity contribution in [2.24, 2.45) is 0 Å². The number of amides is 1. The Bertz CT molecular complexity index is 1250. The Kier molecular flexibility index (Phi) is 5.97. The van der Waals surface area contributed by atoms with Crippen LogP contribution in [-0.2, 0) is 13.2 Å². The van der Waals surface area contributed by atoms with Gasteiger partial charge in [0.25, 0.3) is 5.91 Å². The third-order valence-electron chi connectivity index (χ3n) is 6.76. The van der Waals surface area contributed by atoms with E-state index in [9.17, 15) is 14.7 Å². The van der Waals surface area contributed by atoms with Gasteiger partial charge in [-0.2, -0.15) is 0 Å². The molecule has 0 aromatic heterocycles. The number of benzene rings is 3. The first-order valence-corrected chi connectivity index (χ1v) is 11.6. The topological polar surface area (TPSA) is 76.1 Å². The SMILES string of the molecule is COc1ccc(C(=O)O)cc1-c1cccc(COc2ccc3c(c2)CN(C2CCCC2)C3=O)c1. The maximum Gasteiger partial charge on any atom is 0.335 e. The van der Waals surface area contributed by atoms with E-state index in [1.165, 1.54) is 18.9 Å². The van der Waals surface area contributed by atoms with Crippen molar-refractivity contribution in [2.45, 2.75) is 44.9 Å². The van der Waals surface area contributed by atoms with E-state index in [2.05, 4.69) is 0 Å². The summed E-state index contributed by atoms with van der Waals surface area (Å²) in [6, 6.07) is 18.7. The quantitative estimate of drug-likeness (QED) is 0.504. The summed E-state index contributed by atoms with van der Waals surface area (Å²) in [4.78, 5) is 26.2. The molecule has 6 heteroatoms. The second-order valence-electron chi connectivity index (χ2n) is 8.90. The summed E-state index contributed by atoms with van der Waals surface area (Å²) in [5.74, 6) is 0.498. The molecule has 0 radical (unpaired) electrons. The molecule has 0 atom stereocenters. The van der Waals surface area contributed by atoms with E-state index < -0.39 is 5.97 Å². The fourth-order valence-corrected chi connectivity index (χ4v) is 4.98. The molecule has 34 heavy (non-hydrogen) atoms. The highest BCUT2D eigenvalue weighted by Crippen LogP contribution is 2.34. The minimum Gasteiger partial charge on any atom is -0.496 e. The number of methoxy groups -OCH3 is 1. The van der Waals surface area contributed by atoms with Crippen molar-refractivity contribution >= 4 is 11.9 Å². The molecule has 2 aliphatic rings. The summed E-state index contributed by atoms with van der Waals surface area (Å²) in [5, 5.41) is 9.36. The van der Waals surface area contributed by atoms with E-state index in [1.54, 1.807) is 19.2 Å². The average molecular weight is 458 g/mol. The molecule has 174 valence electrons. The number of rotatable bonds is 7. The normalized spacial score (nSPS) is 15.4. The number of carbonyl (C=O) groups excluding carboxylic acids is 1. The molecule has 1 heterocycles. The Labute approximate surface area is 198 Å². The van der Waals surface area contributed by atoms with Gasteiger partial charge in [0.2, 0.25) is 0 Å². The Hall–Kier alpha value is -3.80. The smallest absolute Gasteiger partial charge is 0.335 e. The van der Waals surface area contributed by atoms with Crippen LogP contribution in [0.15, 0.2) is 60.7 Å². The number of carboxylic acid groups (broad SMARTS) is 1. The summed E-state index contributed by atoms with van der Waals surface area (Å²) < 4.78 is 11.5. The van der Waals surface area contributed by atoms with Gasteiger partial charge in [0, 0.05) is 23.7 Å². The highest BCUT2D eigenvalue weighted by molar-refractivity contribution is 5.98. The van der Waals surface area contributed by atoms with Gasteiger partial charge in [0.15, 0.2) is 0 Å². The lowest BCUT2D eigenvalue weighted by Crippen LogP contribution is -2.33. The van der Waals surface area contributed by atoms with Crippen LogP contribution >= 0.6 is 0 Å². The molecule has 0 bridgehead atoms. The monoisotopic (exact) mass is 457 g/mol. The Balaban J connectivity index is 1.32. The molecule has 1 saturated carbocycles. The molecular formula is C28H27NO5. The van der Waals surface area contributed by atoms with Crippen LogP contribution in [0, 0.1) is 0 Å². The van der Waals surface area contributed by atoms with Gasteiger partial charge in [-0.25, -0.2) is 4.79 Å². The predicted octanol–water partition coefficient (Wildman–Crippen LogP) is 5.54. The van der Waals surface area contributed by atoms with Crippen molar-refractivity contribution < 1.29 is 24.2 Å². The molecule has 1 N–H and O–H groups in total. The Morgan fingerprint density at radius 1 is 1.03 bits per heavy atom. The predicted molar refractivity (Wildman–Crippen MR) is 128 cm³/mol. The van der Waals surface area contributed by atoms with Crippen molar-refractivity contribution in [1.29, 1.82) is 0 Å². The number of hydrogen-bond donors (Lipinski definition) is 1. The molecule has 0 unspecified atom stereocenters. The van der Waals surface area contributed by atoms with E-state index in [0.717, 1.165) is 40.8 Å². The Morgan fingerprint density at radius 2 is 1.85 bits per heavy atom.